The van der Waals surface area contributed by atoms with Gasteiger partial charge in [0.15, 0.2) is 11.5 Å². The molecule has 6 heteroatoms. The van der Waals surface area contributed by atoms with Crippen molar-refractivity contribution in [2.75, 3.05) is 24.7 Å². The molecule has 21 heavy (non-hydrogen) atoms. The molecular formula is C15H19BrO4S. The third-order valence-electron chi connectivity index (χ3n) is 2.43. The fourth-order valence-corrected chi connectivity index (χ4v) is 2.67. The molecule has 1 aromatic rings. The van der Waals surface area contributed by atoms with Gasteiger partial charge in [-0.05, 0) is 52.4 Å². The number of thioether (sulfide) groups is 1. The first-order valence-electron chi connectivity index (χ1n) is 6.66. The summed E-state index contributed by atoms with van der Waals surface area (Å²) in [6.45, 7) is 5.11. The van der Waals surface area contributed by atoms with E-state index in [1.807, 2.05) is 24.8 Å². The van der Waals surface area contributed by atoms with Gasteiger partial charge < -0.3 is 14.6 Å². The van der Waals surface area contributed by atoms with E-state index in [1.54, 1.807) is 6.07 Å². The lowest BCUT2D eigenvalue weighted by Crippen LogP contribution is -2.04. The van der Waals surface area contributed by atoms with E-state index in [0.29, 0.717) is 24.7 Å². The fraction of sp³-hybridized carbons (Fsp3) is 0.400. The molecule has 0 bridgehead atoms. The van der Waals surface area contributed by atoms with Gasteiger partial charge in [-0.1, -0.05) is 6.92 Å². The molecule has 1 aromatic carbocycles. The molecule has 0 spiro atoms. The Morgan fingerprint density at radius 3 is 2.76 bits per heavy atom. The molecule has 0 amide bonds. The van der Waals surface area contributed by atoms with Gasteiger partial charge >= 0.3 is 5.97 Å². The van der Waals surface area contributed by atoms with E-state index in [2.05, 4.69) is 22.9 Å². The highest BCUT2D eigenvalue weighted by molar-refractivity contribution is 9.10. The number of benzene rings is 1. The molecule has 116 valence electrons. The molecule has 1 rings (SSSR count). The Morgan fingerprint density at radius 2 is 2.14 bits per heavy atom. The van der Waals surface area contributed by atoms with Gasteiger partial charge in [-0.25, -0.2) is 4.79 Å². The van der Waals surface area contributed by atoms with Crippen molar-refractivity contribution >= 4 is 39.7 Å². The van der Waals surface area contributed by atoms with E-state index in [4.69, 9.17) is 14.6 Å². The Hall–Kier alpha value is -1.14. The zero-order chi connectivity index (χ0) is 15.7. The Morgan fingerprint density at radius 1 is 1.38 bits per heavy atom. The predicted molar refractivity (Wildman–Crippen MR) is 90.5 cm³/mol. The van der Waals surface area contributed by atoms with Crippen LogP contribution in [0.4, 0.5) is 0 Å². The number of hydrogen-bond acceptors (Lipinski definition) is 4. The van der Waals surface area contributed by atoms with E-state index in [0.717, 1.165) is 27.6 Å². The molecule has 0 aliphatic heterocycles. The largest absolute Gasteiger partial charge is 0.490 e. The van der Waals surface area contributed by atoms with Crippen LogP contribution >= 0.6 is 27.7 Å². The molecule has 0 saturated carbocycles. The first kappa shape index (κ1) is 17.9. The van der Waals surface area contributed by atoms with E-state index in [9.17, 15) is 4.79 Å². The number of carboxylic acid groups (broad SMARTS) is 1. The van der Waals surface area contributed by atoms with Crippen LogP contribution in [0, 0.1) is 0 Å². The monoisotopic (exact) mass is 374 g/mol. The van der Waals surface area contributed by atoms with Crippen molar-refractivity contribution in [1.29, 1.82) is 0 Å². The highest BCUT2D eigenvalue weighted by Crippen LogP contribution is 2.37. The third kappa shape index (κ3) is 6.44. The summed E-state index contributed by atoms with van der Waals surface area (Å²) in [5, 5.41) is 8.68. The van der Waals surface area contributed by atoms with Crippen molar-refractivity contribution in [2.45, 2.75) is 13.8 Å². The molecule has 0 fully saturated rings. The molecule has 0 atom stereocenters. The highest BCUT2D eigenvalue weighted by Gasteiger charge is 2.11. The van der Waals surface area contributed by atoms with E-state index in [-0.39, 0.29) is 0 Å². The number of carbonyl (C=O) groups is 1. The summed E-state index contributed by atoms with van der Waals surface area (Å²) in [6.07, 6.45) is 2.61. The first-order chi connectivity index (χ1) is 10.1. The second kappa shape index (κ2) is 9.73. The van der Waals surface area contributed by atoms with Gasteiger partial charge in [0.1, 0.15) is 0 Å². The minimum absolute atomic E-state index is 0.513. The second-order valence-electron chi connectivity index (χ2n) is 3.98. The fourth-order valence-electron chi connectivity index (χ4n) is 1.60. The molecule has 0 aliphatic carbocycles. The highest BCUT2D eigenvalue weighted by atomic mass is 79.9. The summed E-state index contributed by atoms with van der Waals surface area (Å²) in [4.78, 5) is 10.6. The zero-order valence-corrected chi connectivity index (χ0v) is 14.5. The predicted octanol–water partition coefficient (Wildman–Crippen LogP) is 4.08. The summed E-state index contributed by atoms with van der Waals surface area (Å²) >= 11 is 5.26. The second-order valence-corrected chi connectivity index (χ2v) is 6.23. The number of hydrogen-bond donors (Lipinski definition) is 1. The quantitative estimate of drug-likeness (QED) is 0.521. The normalized spacial score (nSPS) is 10.8. The third-order valence-corrected chi connectivity index (χ3v) is 3.88. The van der Waals surface area contributed by atoms with Crippen LogP contribution in [0.5, 0.6) is 11.5 Å². The number of rotatable bonds is 9. The van der Waals surface area contributed by atoms with Crippen molar-refractivity contribution in [1.82, 2.24) is 0 Å². The van der Waals surface area contributed by atoms with Gasteiger partial charge in [0.2, 0.25) is 0 Å². The summed E-state index contributed by atoms with van der Waals surface area (Å²) in [5.74, 6) is 2.25. The lowest BCUT2D eigenvalue weighted by atomic mass is 10.2. The molecular weight excluding hydrogens is 356 g/mol. The molecule has 0 saturated heterocycles. The van der Waals surface area contributed by atoms with Gasteiger partial charge in [-0.15, -0.1) is 0 Å². The van der Waals surface area contributed by atoms with Crippen molar-refractivity contribution in [3.8, 4) is 11.5 Å². The van der Waals surface area contributed by atoms with Gasteiger partial charge in [0.05, 0.1) is 17.7 Å². The summed E-state index contributed by atoms with van der Waals surface area (Å²) < 4.78 is 12.1. The van der Waals surface area contributed by atoms with Crippen LogP contribution in [0.3, 0.4) is 0 Å². The SMILES string of the molecule is CCOc1cc(/C=C/C(=O)O)cc(Br)c1OCCSCC. The number of aliphatic carboxylic acids is 1. The lowest BCUT2D eigenvalue weighted by molar-refractivity contribution is -0.131. The van der Waals surface area contributed by atoms with E-state index < -0.39 is 5.97 Å². The van der Waals surface area contributed by atoms with Crippen molar-refractivity contribution in [2.24, 2.45) is 0 Å². The maximum atomic E-state index is 10.6. The van der Waals surface area contributed by atoms with Crippen LogP contribution in [0.1, 0.15) is 19.4 Å². The molecule has 0 aliphatic rings. The summed E-state index contributed by atoms with van der Waals surface area (Å²) in [7, 11) is 0. The Bertz CT molecular complexity index is 503. The van der Waals surface area contributed by atoms with Crippen LogP contribution in [-0.2, 0) is 4.79 Å². The molecule has 0 heterocycles. The van der Waals surface area contributed by atoms with Crippen LogP contribution in [0.2, 0.25) is 0 Å². The van der Waals surface area contributed by atoms with E-state index in [1.165, 1.54) is 6.08 Å². The maximum Gasteiger partial charge on any atom is 0.328 e. The molecule has 0 radical (unpaired) electrons. The van der Waals surface area contributed by atoms with Crippen molar-refractivity contribution in [3.63, 3.8) is 0 Å². The summed E-state index contributed by atoms with van der Waals surface area (Å²) in [6, 6.07) is 3.58. The Labute approximate surface area is 137 Å². The smallest absolute Gasteiger partial charge is 0.328 e. The number of carboxylic acids is 1. The molecule has 4 nitrogen and oxygen atoms in total. The topological polar surface area (TPSA) is 55.8 Å². The average molecular weight is 375 g/mol. The van der Waals surface area contributed by atoms with Gasteiger partial charge in [0.25, 0.3) is 0 Å². The Kier molecular flexibility index (Phi) is 8.30. The first-order valence-corrected chi connectivity index (χ1v) is 8.61. The minimum atomic E-state index is -0.985. The lowest BCUT2D eigenvalue weighted by Gasteiger charge is -2.14. The zero-order valence-electron chi connectivity index (χ0n) is 12.1. The summed E-state index contributed by atoms with van der Waals surface area (Å²) in [5.41, 5.74) is 0.739. The molecule has 0 unspecified atom stereocenters. The number of halogens is 1. The standard InChI is InChI=1S/C15H19BrO4S/c1-3-19-13-10-11(5-6-14(17)18)9-12(16)15(13)20-7-8-21-4-2/h5-6,9-10H,3-4,7-8H2,1-2H3,(H,17,18)/b6-5+. The average Bonchev–Trinajstić information content (AvgIpc) is 2.43. The number of ether oxygens (including phenoxy) is 2. The van der Waals surface area contributed by atoms with Gasteiger partial charge in [0, 0.05) is 11.8 Å². The Balaban J connectivity index is 2.93. The minimum Gasteiger partial charge on any atom is -0.490 e. The molecule has 0 aromatic heterocycles. The van der Waals surface area contributed by atoms with Gasteiger partial charge in [-0.3, -0.25) is 0 Å². The van der Waals surface area contributed by atoms with Crippen LogP contribution < -0.4 is 9.47 Å². The van der Waals surface area contributed by atoms with Crippen LogP contribution in [0.25, 0.3) is 6.08 Å². The molecule has 1 N–H and O–H groups in total. The van der Waals surface area contributed by atoms with Crippen molar-refractivity contribution < 1.29 is 19.4 Å². The van der Waals surface area contributed by atoms with E-state index >= 15 is 0 Å². The van der Waals surface area contributed by atoms with Gasteiger partial charge in [-0.2, -0.15) is 11.8 Å². The maximum absolute atomic E-state index is 10.6. The van der Waals surface area contributed by atoms with Crippen LogP contribution in [0.15, 0.2) is 22.7 Å². The van der Waals surface area contributed by atoms with Crippen molar-refractivity contribution in [3.05, 3.63) is 28.2 Å². The van der Waals surface area contributed by atoms with Crippen LogP contribution in [-0.4, -0.2) is 35.8 Å².